The molecule has 0 aromatic carbocycles. The SMILES string of the molecule is CCCn1cc(S(=O)(=O)N2CCOC(CBr)C2)nc1C. The molecule has 20 heavy (non-hydrogen) atoms. The molecule has 0 saturated carbocycles. The summed E-state index contributed by atoms with van der Waals surface area (Å²) in [6.45, 7) is 5.83. The van der Waals surface area contributed by atoms with E-state index < -0.39 is 10.0 Å². The Morgan fingerprint density at radius 1 is 1.55 bits per heavy atom. The van der Waals surface area contributed by atoms with Crippen molar-refractivity contribution >= 4 is 26.0 Å². The van der Waals surface area contributed by atoms with Gasteiger partial charge in [-0.05, 0) is 13.3 Å². The van der Waals surface area contributed by atoms with Crippen LogP contribution in [0.4, 0.5) is 0 Å². The number of ether oxygens (including phenoxy) is 1. The summed E-state index contributed by atoms with van der Waals surface area (Å²) < 4.78 is 34.0. The molecule has 8 heteroatoms. The number of sulfonamides is 1. The van der Waals surface area contributed by atoms with Gasteiger partial charge in [0.2, 0.25) is 0 Å². The van der Waals surface area contributed by atoms with E-state index in [2.05, 4.69) is 27.8 Å². The highest BCUT2D eigenvalue weighted by Crippen LogP contribution is 2.19. The number of aromatic nitrogens is 2. The van der Waals surface area contributed by atoms with Crippen molar-refractivity contribution in [2.24, 2.45) is 0 Å². The van der Waals surface area contributed by atoms with Crippen molar-refractivity contribution < 1.29 is 13.2 Å². The zero-order valence-corrected chi connectivity index (χ0v) is 14.2. The number of aryl methyl sites for hydroxylation is 2. The summed E-state index contributed by atoms with van der Waals surface area (Å²) in [5.74, 6) is 0.732. The first-order valence-corrected chi connectivity index (χ1v) is 9.26. The second-order valence-electron chi connectivity index (χ2n) is 4.83. The van der Waals surface area contributed by atoms with E-state index in [9.17, 15) is 8.42 Å². The standard InChI is InChI=1S/C12H20BrN3O3S/c1-3-4-15-9-12(14-10(15)2)20(17,18)16-5-6-19-11(7-13)8-16/h9,11H,3-8H2,1-2H3. The van der Waals surface area contributed by atoms with Gasteiger partial charge in [-0.1, -0.05) is 22.9 Å². The molecule has 1 aromatic heterocycles. The summed E-state index contributed by atoms with van der Waals surface area (Å²) in [4.78, 5) is 4.21. The summed E-state index contributed by atoms with van der Waals surface area (Å²) in [6.07, 6.45) is 2.48. The number of morpholine rings is 1. The van der Waals surface area contributed by atoms with E-state index in [4.69, 9.17) is 4.74 Å². The summed E-state index contributed by atoms with van der Waals surface area (Å²) in [6, 6.07) is 0. The third kappa shape index (κ3) is 3.24. The number of hydrogen-bond acceptors (Lipinski definition) is 4. The smallest absolute Gasteiger partial charge is 0.262 e. The lowest BCUT2D eigenvalue weighted by atomic mass is 10.3. The summed E-state index contributed by atoms with van der Waals surface area (Å²) >= 11 is 3.33. The predicted molar refractivity (Wildman–Crippen MR) is 79.5 cm³/mol. The zero-order chi connectivity index (χ0) is 14.8. The van der Waals surface area contributed by atoms with Crippen LogP contribution in [-0.4, -0.2) is 53.4 Å². The van der Waals surface area contributed by atoms with E-state index in [1.165, 1.54) is 4.31 Å². The molecule has 6 nitrogen and oxygen atoms in total. The summed E-state index contributed by atoms with van der Waals surface area (Å²) in [7, 11) is -3.52. The molecule has 0 amide bonds. The first-order valence-electron chi connectivity index (χ1n) is 6.70. The average molecular weight is 366 g/mol. The fourth-order valence-electron chi connectivity index (χ4n) is 2.21. The maximum absolute atomic E-state index is 12.6. The largest absolute Gasteiger partial charge is 0.375 e. The number of imidazole rings is 1. The van der Waals surface area contributed by atoms with Crippen LogP contribution in [0.15, 0.2) is 11.2 Å². The molecule has 2 heterocycles. The van der Waals surface area contributed by atoms with Gasteiger partial charge in [-0.3, -0.25) is 0 Å². The monoisotopic (exact) mass is 365 g/mol. The van der Waals surface area contributed by atoms with Gasteiger partial charge >= 0.3 is 0 Å². The molecule has 2 rings (SSSR count). The van der Waals surface area contributed by atoms with Crippen LogP contribution in [0.3, 0.4) is 0 Å². The molecule has 1 atom stereocenters. The second kappa shape index (κ2) is 6.55. The molecule has 1 fully saturated rings. The Kier molecular flexibility index (Phi) is 5.22. The Hall–Kier alpha value is -0.440. The molecule has 0 aliphatic carbocycles. The van der Waals surface area contributed by atoms with Gasteiger partial charge in [0.15, 0.2) is 5.03 Å². The summed E-state index contributed by atoms with van der Waals surface area (Å²) in [5.41, 5.74) is 0. The molecule has 0 bridgehead atoms. The minimum atomic E-state index is -3.52. The first-order chi connectivity index (χ1) is 9.48. The lowest BCUT2D eigenvalue weighted by Gasteiger charge is -2.30. The van der Waals surface area contributed by atoms with Crippen molar-refractivity contribution in [2.45, 2.75) is 37.9 Å². The molecule has 0 N–H and O–H groups in total. The molecule has 1 aliphatic heterocycles. The topological polar surface area (TPSA) is 64.4 Å². The number of hydrogen-bond donors (Lipinski definition) is 0. The molecule has 0 spiro atoms. The van der Waals surface area contributed by atoms with Gasteiger partial charge in [0.1, 0.15) is 5.82 Å². The molecular weight excluding hydrogens is 346 g/mol. The predicted octanol–water partition coefficient (Wildman–Crippen LogP) is 1.39. The lowest BCUT2D eigenvalue weighted by Crippen LogP contribution is -2.46. The fraction of sp³-hybridized carbons (Fsp3) is 0.750. The molecular formula is C12H20BrN3O3S. The van der Waals surface area contributed by atoms with Crippen molar-refractivity contribution in [1.82, 2.24) is 13.9 Å². The van der Waals surface area contributed by atoms with E-state index >= 15 is 0 Å². The van der Waals surface area contributed by atoms with Crippen LogP contribution in [0.2, 0.25) is 0 Å². The maximum Gasteiger partial charge on any atom is 0.262 e. The van der Waals surface area contributed by atoms with Gasteiger partial charge in [-0.25, -0.2) is 13.4 Å². The number of alkyl halides is 1. The highest BCUT2D eigenvalue weighted by Gasteiger charge is 2.32. The summed E-state index contributed by atoms with van der Waals surface area (Å²) in [5, 5.41) is 0.765. The molecule has 1 aromatic rings. The van der Waals surface area contributed by atoms with Crippen LogP contribution < -0.4 is 0 Å². The van der Waals surface area contributed by atoms with Crippen LogP contribution in [-0.2, 0) is 21.3 Å². The third-order valence-corrected chi connectivity index (χ3v) is 5.76. The van der Waals surface area contributed by atoms with E-state index in [0.29, 0.717) is 25.0 Å². The fourth-order valence-corrected chi connectivity index (χ4v) is 4.05. The van der Waals surface area contributed by atoms with Crippen LogP contribution in [0.1, 0.15) is 19.2 Å². The van der Waals surface area contributed by atoms with Gasteiger partial charge in [0.25, 0.3) is 10.0 Å². The van der Waals surface area contributed by atoms with Gasteiger partial charge in [-0.2, -0.15) is 4.31 Å². The quantitative estimate of drug-likeness (QED) is 0.739. The number of rotatable bonds is 5. The number of halogens is 1. The van der Waals surface area contributed by atoms with Gasteiger partial charge in [-0.15, -0.1) is 0 Å². The van der Waals surface area contributed by atoms with E-state index in [1.807, 2.05) is 11.5 Å². The van der Waals surface area contributed by atoms with Crippen LogP contribution in [0, 0.1) is 6.92 Å². The van der Waals surface area contributed by atoms with Gasteiger partial charge in [0, 0.05) is 31.2 Å². The molecule has 1 aliphatic rings. The average Bonchev–Trinajstić information content (AvgIpc) is 2.81. The third-order valence-electron chi connectivity index (χ3n) is 3.30. The second-order valence-corrected chi connectivity index (χ2v) is 7.36. The molecule has 1 unspecified atom stereocenters. The Balaban J connectivity index is 2.23. The van der Waals surface area contributed by atoms with Crippen molar-refractivity contribution in [2.75, 3.05) is 25.0 Å². The van der Waals surface area contributed by atoms with Crippen molar-refractivity contribution in [1.29, 1.82) is 0 Å². The Morgan fingerprint density at radius 3 is 2.95 bits per heavy atom. The normalized spacial score (nSPS) is 21.2. The van der Waals surface area contributed by atoms with Gasteiger partial charge in [0.05, 0.1) is 12.7 Å². The molecule has 1 saturated heterocycles. The van der Waals surface area contributed by atoms with Crippen molar-refractivity contribution in [3.8, 4) is 0 Å². The van der Waals surface area contributed by atoms with E-state index in [-0.39, 0.29) is 11.1 Å². The van der Waals surface area contributed by atoms with Crippen LogP contribution in [0.25, 0.3) is 0 Å². The zero-order valence-electron chi connectivity index (χ0n) is 11.7. The highest BCUT2D eigenvalue weighted by atomic mass is 79.9. The van der Waals surface area contributed by atoms with E-state index in [1.54, 1.807) is 6.20 Å². The first kappa shape index (κ1) is 15.9. The highest BCUT2D eigenvalue weighted by molar-refractivity contribution is 9.09. The van der Waals surface area contributed by atoms with Crippen LogP contribution >= 0.6 is 15.9 Å². The van der Waals surface area contributed by atoms with Crippen molar-refractivity contribution in [3.63, 3.8) is 0 Å². The maximum atomic E-state index is 12.6. The van der Waals surface area contributed by atoms with Gasteiger partial charge < -0.3 is 9.30 Å². The van der Waals surface area contributed by atoms with E-state index in [0.717, 1.165) is 18.8 Å². The minimum Gasteiger partial charge on any atom is -0.375 e. The van der Waals surface area contributed by atoms with Crippen LogP contribution in [0.5, 0.6) is 0 Å². The Morgan fingerprint density at radius 2 is 2.30 bits per heavy atom. The Bertz CT molecular complexity index is 558. The minimum absolute atomic E-state index is 0.0997. The molecule has 0 radical (unpaired) electrons. The van der Waals surface area contributed by atoms with Crippen molar-refractivity contribution in [3.05, 3.63) is 12.0 Å². The molecule has 114 valence electrons. The Labute approximate surface area is 128 Å². The number of nitrogens with zero attached hydrogens (tertiary/aromatic N) is 3. The lowest BCUT2D eigenvalue weighted by molar-refractivity contribution is 0.0136.